The highest BCUT2D eigenvalue weighted by Gasteiger charge is 2.30. The molecule has 2 aliphatic heterocycles. The van der Waals surface area contributed by atoms with Gasteiger partial charge >= 0.3 is 6.03 Å². The molecular formula is C20H23N3O3. The Kier molecular flexibility index (Phi) is 4.91. The van der Waals surface area contributed by atoms with E-state index in [0.717, 1.165) is 36.3 Å². The number of fused-ring (bicyclic) bond motifs is 1. The fourth-order valence-electron chi connectivity index (χ4n) is 3.53. The minimum Gasteiger partial charge on any atom is -0.493 e. The second kappa shape index (κ2) is 7.64. The molecule has 2 aromatic rings. The first-order valence-corrected chi connectivity index (χ1v) is 9.13. The SMILES string of the molecule is O=C(N[C@H]1CCCOc2ccccc21)N1CC[C@@H](Oc2cccnc2)C1. The Hall–Kier alpha value is -2.76. The number of ether oxygens (including phenoxy) is 2. The van der Waals surface area contributed by atoms with Crippen LogP contribution < -0.4 is 14.8 Å². The van der Waals surface area contributed by atoms with Crippen LogP contribution in [0, 0.1) is 0 Å². The van der Waals surface area contributed by atoms with Crippen LogP contribution in [0.2, 0.25) is 0 Å². The van der Waals surface area contributed by atoms with E-state index in [4.69, 9.17) is 9.47 Å². The minimum absolute atomic E-state index is 0.00898. The number of carbonyl (C=O) groups is 1. The van der Waals surface area contributed by atoms with Crippen molar-refractivity contribution in [3.8, 4) is 11.5 Å². The van der Waals surface area contributed by atoms with Gasteiger partial charge in [0.15, 0.2) is 0 Å². The second-order valence-corrected chi connectivity index (χ2v) is 6.69. The molecular weight excluding hydrogens is 330 g/mol. The van der Waals surface area contributed by atoms with Gasteiger partial charge in [-0.3, -0.25) is 4.98 Å². The van der Waals surface area contributed by atoms with Crippen LogP contribution in [0.15, 0.2) is 48.8 Å². The summed E-state index contributed by atoms with van der Waals surface area (Å²) in [7, 11) is 0. The molecule has 0 unspecified atom stereocenters. The molecule has 2 amide bonds. The van der Waals surface area contributed by atoms with E-state index < -0.39 is 0 Å². The van der Waals surface area contributed by atoms with Gasteiger partial charge in [0.05, 0.1) is 25.4 Å². The van der Waals surface area contributed by atoms with Crippen molar-refractivity contribution in [3.63, 3.8) is 0 Å². The molecule has 2 aliphatic rings. The molecule has 4 rings (SSSR count). The van der Waals surface area contributed by atoms with Crippen LogP contribution in [0.1, 0.15) is 30.9 Å². The van der Waals surface area contributed by atoms with E-state index >= 15 is 0 Å². The van der Waals surface area contributed by atoms with Crippen LogP contribution in [0.5, 0.6) is 11.5 Å². The molecule has 0 aliphatic carbocycles. The Morgan fingerprint density at radius 1 is 1.23 bits per heavy atom. The maximum absolute atomic E-state index is 12.7. The first-order chi connectivity index (χ1) is 12.8. The summed E-state index contributed by atoms with van der Waals surface area (Å²) in [5.41, 5.74) is 1.06. The predicted octanol–water partition coefficient (Wildman–Crippen LogP) is 3.16. The first kappa shape index (κ1) is 16.7. The Balaban J connectivity index is 1.37. The van der Waals surface area contributed by atoms with E-state index in [2.05, 4.69) is 10.3 Å². The largest absolute Gasteiger partial charge is 0.493 e. The highest BCUT2D eigenvalue weighted by Crippen LogP contribution is 2.31. The van der Waals surface area contributed by atoms with E-state index in [0.29, 0.717) is 19.7 Å². The van der Waals surface area contributed by atoms with Gasteiger partial charge in [-0.05, 0) is 31.0 Å². The number of aromatic nitrogens is 1. The molecule has 1 saturated heterocycles. The molecule has 1 fully saturated rings. The number of hydrogen-bond acceptors (Lipinski definition) is 4. The second-order valence-electron chi connectivity index (χ2n) is 6.69. The Bertz CT molecular complexity index is 753. The molecule has 0 spiro atoms. The Labute approximate surface area is 153 Å². The zero-order valence-corrected chi connectivity index (χ0v) is 14.6. The van der Waals surface area contributed by atoms with Crippen molar-refractivity contribution in [3.05, 3.63) is 54.4 Å². The average molecular weight is 353 g/mol. The third-order valence-electron chi connectivity index (χ3n) is 4.86. The molecule has 2 atom stereocenters. The summed E-state index contributed by atoms with van der Waals surface area (Å²) in [6, 6.07) is 11.6. The maximum atomic E-state index is 12.7. The lowest BCUT2D eigenvalue weighted by molar-refractivity contribution is 0.183. The monoisotopic (exact) mass is 353 g/mol. The van der Waals surface area contributed by atoms with Crippen LogP contribution in [0.4, 0.5) is 4.79 Å². The molecule has 1 aromatic heterocycles. The van der Waals surface area contributed by atoms with Crippen molar-refractivity contribution >= 4 is 6.03 Å². The van der Waals surface area contributed by atoms with Gasteiger partial charge in [0.25, 0.3) is 0 Å². The van der Waals surface area contributed by atoms with E-state index in [1.165, 1.54) is 0 Å². The van der Waals surface area contributed by atoms with E-state index in [1.807, 2.05) is 41.3 Å². The normalized spacial score (nSPS) is 22.1. The lowest BCUT2D eigenvalue weighted by atomic mass is 10.0. The van der Waals surface area contributed by atoms with Gasteiger partial charge in [-0.25, -0.2) is 4.79 Å². The Morgan fingerprint density at radius 2 is 2.15 bits per heavy atom. The molecule has 1 N–H and O–H groups in total. The van der Waals surface area contributed by atoms with Crippen LogP contribution >= 0.6 is 0 Å². The smallest absolute Gasteiger partial charge is 0.318 e. The number of amides is 2. The van der Waals surface area contributed by atoms with Gasteiger partial charge in [0.2, 0.25) is 0 Å². The number of rotatable bonds is 3. The number of pyridine rings is 1. The highest BCUT2D eigenvalue weighted by molar-refractivity contribution is 5.75. The number of likely N-dealkylation sites (tertiary alicyclic amines) is 1. The summed E-state index contributed by atoms with van der Waals surface area (Å²) in [6.45, 7) is 1.97. The fourth-order valence-corrected chi connectivity index (χ4v) is 3.53. The number of benzene rings is 1. The number of nitrogens with zero attached hydrogens (tertiary/aromatic N) is 2. The van der Waals surface area contributed by atoms with Gasteiger partial charge in [-0.1, -0.05) is 18.2 Å². The van der Waals surface area contributed by atoms with Crippen molar-refractivity contribution in [1.29, 1.82) is 0 Å². The molecule has 136 valence electrons. The van der Waals surface area contributed by atoms with Crippen molar-refractivity contribution < 1.29 is 14.3 Å². The van der Waals surface area contributed by atoms with Gasteiger partial charge in [0.1, 0.15) is 17.6 Å². The summed E-state index contributed by atoms with van der Waals surface area (Å²) in [5, 5.41) is 3.18. The lowest BCUT2D eigenvalue weighted by Crippen LogP contribution is -2.41. The van der Waals surface area contributed by atoms with E-state index in [1.54, 1.807) is 12.4 Å². The molecule has 6 heteroatoms. The molecule has 0 bridgehead atoms. The van der Waals surface area contributed by atoms with Crippen LogP contribution in [0.25, 0.3) is 0 Å². The standard InChI is InChI=1S/C20H23N3O3/c24-20(22-18-7-4-12-25-19-8-2-1-6-17(18)19)23-11-9-16(14-23)26-15-5-3-10-21-13-15/h1-3,5-6,8,10,13,16,18H,4,7,9,11-12,14H2,(H,22,24)/t16-,18+/m1/s1. The highest BCUT2D eigenvalue weighted by atomic mass is 16.5. The molecule has 0 radical (unpaired) electrons. The number of nitrogens with one attached hydrogen (secondary N) is 1. The average Bonchev–Trinajstić information content (AvgIpc) is 3.04. The van der Waals surface area contributed by atoms with Crippen molar-refractivity contribution in [2.75, 3.05) is 19.7 Å². The summed E-state index contributed by atoms with van der Waals surface area (Å²) < 4.78 is 11.7. The van der Waals surface area contributed by atoms with Crippen molar-refractivity contribution in [2.24, 2.45) is 0 Å². The van der Waals surface area contributed by atoms with Gasteiger partial charge in [-0.2, -0.15) is 0 Å². The van der Waals surface area contributed by atoms with Crippen LogP contribution in [-0.4, -0.2) is 41.7 Å². The number of carbonyl (C=O) groups excluding carboxylic acids is 1. The van der Waals surface area contributed by atoms with Gasteiger partial charge in [-0.15, -0.1) is 0 Å². The summed E-state index contributed by atoms with van der Waals surface area (Å²) in [6.07, 6.45) is 6.06. The summed E-state index contributed by atoms with van der Waals surface area (Å²) in [4.78, 5) is 18.6. The molecule has 26 heavy (non-hydrogen) atoms. The minimum atomic E-state index is -0.0380. The van der Waals surface area contributed by atoms with Crippen molar-refractivity contribution in [2.45, 2.75) is 31.4 Å². The van der Waals surface area contributed by atoms with Gasteiger partial charge < -0.3 is 19.7 Å². The van der Waals surface area contributed by atoms with Crippen LogP contribution in [-0.2, 0) is 0 Å². The number of para-hydroxylation sites is 1. The quantitative estimate of drug-likeness (QED) is 0.921. The number of urea groups is 1. The molecule has 0 saturated carbocycles. The Morgan fingerprint density at radius 3 is 3.04 bits per heavy atom. The number of hydrogen-bond donors (Lipinski definition) is 1. The summed E-state index contributed by atoms with van der Waals surface area (Å²) >= 11 is 0. The molecule has 1 aromatic carbocycles. The summed E-state index contributed by atoms with van der Waals surface area (Å²) in [5.74, 6) is 1.61. The first-order valence-electron chi connectivity index (χ1n) is 9.13. The van der Waals surface area contributed by atoms with Crippen molar-refractivity contribution in [1.82, 2.24) is 15.2 Å². The zero-order valence-electron chi connectivity index (χ0n) is 14.6. The van der Waals surface area contributed by atoms with Gasteiger partial charge in [0, 0.05) is 24.7 Å². The van der Waals surface area contributed by atoms with Crippen LogP contribution in [0.3, 0.4) is 0 Å². The van der Waals surface area contributed by atoms with E-state index in [9.17, 15) is 4.79 Å². The topological polar surface area (TPSA) is 63.7 Å². The third kappa shape index (κ3) is 3.74. The lowest BCUT2D eigenvalue weighted by Gasteiger charge is -2.23. The fraction of sp³-hybridized carbons (Fsp3) is 0.400. The molecule has 3 heterocycles. The van der Waals surface area contributed by atoms with E-state index in [-0.39, 0.29) is 18.2 Å². The predicted molar refractivity (Wildman–Crippen MR) is 97.3 cm³/mol. The third-order valence-corrected chi connectivity index (χ3v) is 4.86. The molecule has 6 nitrogen and oxygen atoms in total. The zero-order chi connectivity index (χ0) is 17.8. The maximum Gasteiger partial charge on any atom is 0.318 e.